The number of phenols is 1. The number of aromatic hydroxyl groups is 1. The van der Waals surface area contributed by atoms with Crippen LogP contribution in [0.25, 0.3) is 0 Å². The monoisotopic (exact) mass is 395 g/mol. The average Bonchev–Trinajstić information content (AvgIpc) is 2.55. The molecule has 0 saturated carbocycles. The Hall–Kier alpha value is -2.83. The lowest BCUT2D eigenvalue weighted by molar-refractivity contribution is -0.142. The molecule has 1 aromatic rings. The molecule has 152 valence electrons. The Morgan fingerprint density at radius 1 is 1.29 bits per heavy atom. The van der Waals surface area contributed by atoms with Gasteiger partial charge in [-0.05, 0) is 24.4 Å². The highest BCUT2D eigenvalue weighted by molar-refractivity contribution is 6.41. The number of nitrogens with zero attached hydrogens (tertiary/aromatic N) is 1. The molecule has 28 heavy (non-hydrogen) atoms. The van der Waals surface area contributed by atoms with E-state index in [9.17, 15) is 24.6 Å². The molecule has 1 aromatic carbocycles. The van der Waals surface area contributed by atoms with Crippen molar-refractivity contribution < 1.29 is 39.4 Å². The first-order valence-corrected chi connectivity index (χ1v) is 8.53. The van der Waals surface area contributed by atoms with Crippen molar-refractivity contribution in [1.82, 2.24) is 4.90 Å². The highest BCUT2D eigenvalue weighted by atomic mass is 16.5. The van der Waals surface area contributed by atoms with Crippen LogP contribution in [0.4, 0.5) is 0 Å². The molecule has 1 aliphatic heterocycles. The topological polar surface area (TPSA) is 197 Å². The summed E-state index contributed by atoms with van der Waals surface area (Å²) >= 11 is 0. The molecule has 1 aliphatic rings. The SMILES string of the molecule is NC(=O)C[C@H](N)C(=O)N1CC(Oc2ccc(CCB(O)O)c(O)c2C(=O)O)C1. The van der Waals surface area contributed by atoms with Crippen molar-refractivity contribution in [2.24, 2.45) is 11.5 Å². The number of carbonyl (C=O) groups is 3. The summed E-state index contributed by atoms with van der Waals surface area (Å²) in [5.41, 5.74) is 10.4. The highest BCUT2D eigenvalue weighted by Gasteiger charge is 2.36. The van der Waals surface area contributed by atoms with Gasteiger partial charge in [-0.3, -0.25) is 9.59 Å². The van der Waals surface area contributed by atoms with Crippen molar-refractivity contribution in [2.45, 2.75) is 31.3 Å². The normalized spacial score (nSPS) is 14.9. The minimum atomic E-state index is -1.58. The van der Waals surface area contributed by atoms with E-state index in [2.05, 4.69) is 0 Å². The molecule has 0 aliphatic carbocycles. The van der Waals surface area contributed by atoms with E-state index in [0.717, 1.165) is 0 Å². The van der Waals surface area contributed by atoms with Crippen LogP contribution in [0.3, 0.4) is 0 Å². The fraction of sp³-hybridized carbons (Fsp3) is 0.438. The van der Waals surface area contributed by atoms with Gasteiger partial charge in [0, 0.05) is 0 Å². The first-order chi connectivity index (χ1) is 13.1. The van der Waals surface area contributed by atoms with Crippen LogP contribution in [0, 0.1) is 0 Å². The summed E-state index contributed by atoms with van der Waals surface area (Å²) in [6.07, 6.45) is -0.791. The minimum Gasteiger partial charge on any atom is -0.507 e. The molecular weight excluding hydrogens is 373 g/mol. The van der Waals surface area contributed by atoms with E-state index >= 15 is 0 Å². The van der Waals surface area contributed by atoms with Crippen LogP contribution in [0.1, 0.15) is 22.3 Å². The molecule has 1 heterocycles. The maximum Gasteiger partial charge on any atom is 0.451 e. The molecule has 0 unspecified atom stereocenters. The number of likely N-dealkylation sites (tertiary alicyclic amines) is 1. The van der Waals surface area contributed by atoms with Crippen molar-refractivity contribution in [3.8, 4) is 11.5 Å². The van der Waals surface area contributed by atoms with Gasteiger partial charge in [0.25, 0.3) is 0 Å². The molecule has 1 atom stereocenters. The Balaban J connectivity index is 2.03. The van der Waals surface area contributed by atoms with Gasteiger partial charge in [0.2, 0.25) is 11.8 Å². The van der Waals surface area contributed by atoms with Crippen LogP contribution in [-0.4, -0.2) is 75.3 Å². The zero-order valence-corrected chi connectivity index (χ0v) is 14.9. The molecule has 0 bridgehead atoms. The molecule has 1 saturated heterocycles. The average molecular weight is 395 g/mol. The summed E-state index contributed by atoms with van der Waals surface area (Å²) in [5, 5.41) is 37.4. The van der Waals surface area contributed by atoms with Crippen LogP contribution < -0.4 is 16.2 Å². The number of nitrogens with two attached hydrogens (primary N) is 2. The molecule has 1 fully saturated rings. The Morgan fingerprint density at radius 2 is 1.93 bits per heavy atom. The van der Waals surface area contributed by atoms with Crippen molar-refractivity contribution in [1.29, 1.82) is 0 Å². The number of benzene rings is 1. The van der Waals surface area contributed by atoms with Gasteiger partial charge in [0.05, 0.1) is 25.6 Å². The van der Waals surface area contributed by atoms with Gasteiger partial charge in [0.1, 0.15) is 23.2 Å². The molecule has 0 radical (unpaired) electrons. The minimum absolute atomic E-state index is 0.0630. The molecule has 12 heteroatoms. The molecule has 2 rings (SSSR count). The summed E-state index contributed by atoms with van der Waals surface area (Å²) in [4.78, 5) is 35.7. The third kappa shape index (κ3) is 5.12. The highest BCUT2D eigenvalue weighted by Crippen LogP contribution is 2.34. The molecule has 8 N–H and O–H groups in total. The van der Waals surface area contributed by atoms with E-state index in [-0.39, 0.29) is 43.6 Å². The predicted molar refractivity (Wildman–Crippen MR) is 96.6 cm³/mol. The van der Waals surface area contributed by atoms with Crippen molar-refractivity contribution in [3.63, 3.8) is 0 Å². The number of carbonyl (C=O) groups excluding carboxylic acids is 2. The summed E-state index contributed by atoms with van der Waals surface area (Å²) in [6, 6.07) is 1.76. The lowest BCUT2D eigenvalue weighted by atomic mass is 9.82. The van der Waals surface area contributed by atoms with Crippen molar-refractivity contribution in [2.75, 3.05) is 13.1 Å². The van der Waals surface area contributed by atoms with Gasteiger partial charge < -0.3 is 41.4 Å². The van der Waals surface area contributed by atoms with Crippen LogP contribution in [0.15, 0.2) is 12.1 Å². The first kappa shape index (κ1) is 21.5. The van der Waals surface area contributed by atoms with Crippen LogP contribution in [0.2, 0.25) is 6.32 Å². The first-order valence-electron chi connectivity index (χ1n) is 8.53. The number of aryl methyl sites for hydroxylation is 1. The van der Waals surface area contributed by atoms with E-state index in [4.69, 9.17) is 26.3 Å². The Bertz CT molecular complexity index is 767. The second kappa shape index (κ2) is 8.91. The number of hydrogen-bond acceptors (Lipinski definition) is 8. The number of ether oxygens (including phenoxy) is 1. The van der Waals surface area contributed by atoms with Gasteiger partial charge in [-0.2, -0.15) is 0 Å². The summed E-state index contributed by atoms with van der Waals surface area (Å²) in [5.74, 6) is -3.14. The third-order valence-corrected chi connectivity index (χ3v) is 4.30. The van der Waals surface area contributed by atoms with E-state index < -0.39 is 48.4 Å². The van der Waals surface area contributed by atoms with E-state index in [0.29, 0.717) is 0 Å². The lowest BCUT2D eigenvalue weighted by Crippen LogP contribution is -2.60. The van der Waals surface area contributed by atoms with Crippen LogP contribution in [0.5, 0.6) is 11.5 Å². The second-order valence-electron chi connectivity index (χ2n) is 6.53. The zero-order chi connectivity index (χ0) is 21.0. The maximum absolute atomic E-state index is 12.0. The predicted octanol–water partition coefficient (Wildman–Crippen LogP) is -2.10. The fourth-order valence-corrected chi connectivity index (χ4v) is 2.82. The molecule has 2 amide bonds. The van der Waals surface area contributed by atoms with E-state index in [1.54, 1.807) is 0 Å². The second-order valence-corrected chi connectivity index (χ2v) is 6.53. The van der Waals surface area contributed by atoms with Gasteiger partial charge >= 0.3 is 13.1 Å². The van der Waals surface area contributed by atoms with Gasteiger partial charge in [0.15, 0.2) is 0 Å². The summed E-state index contributed by atoms with van der Waals surface area (Å²) in [7, 11) is -1.58. The van der Waals surface area contributed by atoms with Crippen LogP contribution >= 0.6 is 0 Å². The number of hydrogen-bond donors (Lipinski definition) is 6. The number of carboxylic acid groups (broad SMARTS) is 1. The molecule has 0 aromatic heterocycles. The molecule has 11 nitrogen and oxygen atoms in total. The number of aromatic carboxylic acids is 1. The van der Waals surface area contributed by atoms with Gasteiger partial charge in [-0.15, -0.1) is 0 Å². The number of rotatable bonds is 9. The number of primary amides is 1. The van der Waals surface area contributed by atoms with Gasteiger partial charge in [-0.1, -0.05) is 6.07 Å². The standard InChI is InChI=1S/C16H22BN3O8/c18-10(5-12(19)21)15(23)20-6-9(7-20)28-11-2-1-8(3-4-17(26)27)14(22)13(11)16(24)25/h1-2,9-10,22,26-27H,3-7,18H2,(H2,19,21)(H,24,25)/t10-/m0/s1. The Labute approximate surface area is 160 Å². The van der Waals surface area contributed by atoms with Crippen LogP contribution in [-0.2, 0) is 16.0 Å². The van der Waals surface area contributed by atoms with E-state index in [1.807, 2.05) is 0 Å². The van der Waals surface area contributed by atoms with Gasteiger partial charge in [-0.25, -0.2) is 4.79 Å². The summed E-state index contributed by atoms with van der Waals surface area (Å²) in [6.45, 7) is 0.285. The lowest BCUT2D eigenvalue weighted by Gasteiger charge is -2.40. The fourth-order valence-electron chi connectivity index (χ4n) is 2.82. The Morgan fingerprint density at radius 3 is 2.46 bits per heavy atom. The Kier molecular flexibility index (Phi) is 6.83. The maximum atomic E-state index is 12.0. The molecule has 0 spiro atoms. The molecular formula is C16H22BN3O8. The summed E-state index contributed by atoms with van der Waals surface area (Å²) < 4.78 is 5.58. The number of carboxylic acids is 1. The van der Waals surface area contributed by atoms with Crippen molar-refractivity contribution in [3.05, 3.63) is 23.3 Å². The zero-order valence-electron chi connectivity index (χ0n) is 14.9. The number of amides is 2. The quantitative estimate of drug-likeness (QED) is 0.254. The third-order valence-electron chi connectivity index (χ3n) is 4.30. The van der Waals surface area contributed by atoms with E-state index in [1.165, 1.54) is 17.0 Å². The smallest absolute Gasteiger partial charge is 0.451 e. The largest absolute Gasteiger partial charge is 0.507 e. The van der Waals surface area contributed by atoms with Crippen molar-refractivity contribution >= 4 is 24.9 Å².